The summed E-state index contributed by atoms with van der Waals surface area (Å²) >= 11 is 3.36. The van der Waals surface area contributed by atoms with E-state index >= 15 is 0 Å². The standard InChI is InChI=1S/C11H15BrN2O3/c1-16-9-4-6(8(13)5-10(14)15)3-7(12)11(9)17-2/h3-4,8H,5,13H2,1-2H3,(H2,14,15). The molecule has 5 nitrogen and oxygen atoms in total. The Kier molecular flexibility index (Phi) is 4.77. The Hall–Kier alpha value is -1.27. The van der Waals surface area contributed by atoms with Crippen LogP contribution in [0.4, 0.5) is 0 Å². The predicted octanol–water partition coefficient (Wildman–Crippen LogP) is 1.34. The monoisotopic (exact) mass is 302 g/mol. The Labute approximate surface area is 108 Å². The number of nitrogens with two attached hydrogens (primary N) is 2. The number of carbonyl (C=O) groups excluding carboxylic acids is 1. The third kappa shape index (κ3) is 3.34. The second-order valence-electron chi connectivity index (χ2n) is 3.52. The summed E-state index contributed by atoms with van der Waals surface area (Å²) in [4.78, 5) is 10.8. The van der Waals surface area contributed by atoms with Gasteiger partial charge in [-0.05, 0) is 33.6 Å². The van der Waals surface area contributed by atoms with Crippen molar-refractivity contribution in [3.63, 3.8) is 0 Å². The number of rotatable bonds is 5. The topological polar surface area (TPSA) is 87.6 Å². The van der Waals surface area contributed by atoms with E-state index in [1.807, 2.05) is 0 Å². The van der Waals surface area contributed by atoms with Gasteiger partial charge in [0.25, 0.3) is 0 Å². The average molecular weight is 303 g/mol. The molecule has 0 saturated carbocycles. The summed E-state index contributed by atoms with van der Waals surface area (Å²) in [6.07, 6.45) is 0.0852. The maximum Gasteiger partial charge on any atom is 0.219 e. The molecule has 0 aliphatic carbocycles. The molecule has 0 spiro atoms. The highest BCUT2D eigenvalue weighted by atomic mass is 79.9. The fourth-order valence-corrected chi connectivity index (χ4v) is 2.11. The molecule has 94 valence electrons. The number of carbonyl (C=O) groups is 1. The number of methoxy groups -OCH3 is 2. The third-order valence-electron chi connectivity index (χ3n) is 2.31. The number of benzene rings is 1. The molecule has 1 rings (SSSR count). The van der Waals surface area contributed by atoms with Gasteiger partial charge in [-0.25, -0.2) is 0 Å². The van der Waals surface area contributed by atoms with Crippen LogP contribution in [0.3, 0.4) is 0 Å². The van der Waals surface area contributed by atoms with Crippen molar-refractivity contribution >= 4 is 21.8 Å². The van der Waals surface area contributed by atoms with Gasteiger partial charge in [0.15, 0.2) is 11.5 Å². The highest BCUT2D eigenvalue weighted by molar-refractivity contribution is 9.10. The van der Waals surface area contributed by atoms with Crippen molar-refractivity contribution < 1.29 is 14.3 Å². The lowest BCUT2D eigenvalue weighted by atomic mass is 10.0. The van der Waals surface area contributed by atoms with Crippen molar-refractivity contribution in [1.29, 1.82) is 0 Å². The zero-order chi connectivity index (χ0) is 13.0. The molecule has 0 bridgehead atoms. The van der Waals surface area contributed by atoms with Crippen LogP contribution in [-0.4, -0.2) is 20.1 Å². The van der Waals surface area contributed by atoms with E-state index in [9.17, 15) is 4.79 Å². The molecule has 1 aromatic rings. The van der Waals surface area contributed by atoms with E-state index in [-0.39, 0.29) is 6.42 Å². The minimum Gasteiger partial charge on any atom is -0.493 e. The zero-order valence-electron chi connectivity index (χ0n) is 9.70. The van der Waals surface area contributed by atoms with Gasteiger partial charge in [0.1, 0.15) is 0 Å². The molecule has 17 heavy (non-hydrogen) atoms. The van der Waals surface area contributed by atoms with Crippen LogP contribution in [0.15, 0.2) is 16.6 Å². The number of amides is 1. The van der Waals surface area contributed by atoms with Gasteiger partial charge in [-0.2, -0.15) is 0 Å². The van der Waals surface area contributed by atoms with Crippen molar-refractivity contribution in [2.45, 2.75) is 12.5 Å². The fraction of sp³-hybridized carbons (Fsp3) is 0.364. The van der Waals surface area contributed by atoms with Gasteiger partial charge in [-0.15, -0.1) is 0 Å². The quantitative estimate of drug-likeness (QED) is 0.859. The summed E-state index contributed by atoms with van der Waals surface area (Å²) in [6, 6.07) is 3.07. The van der Waals surface area contributed by atoms with Crippen LogP contribution in [0.1, 0.15) is 18.0 Å². The van der Waals surface area contributed by atoms with Crippen LogP contribution in [0.25, 0.3) is 0 Å². The van der Waals surface area contributed by atoms with Gasteiger partial charge >= 0.3 is 0 Å². The maximum absolute atomic E-state index is 10.8. The summed E-state index contributed by atoms with van der Waals surface area (Å²) in [7, 11) is 3.08. The minimum atomic E-state index is -0.455. The molecule has 0 radical (unpaired) electrons. The van der Waals surface area contributed by atoms with Crippen LogP contribution >= 0.6 is 15.9 Å². The molecule has 4 N–H and O–H groups in total. The van der Waals surface area contributed by atoms with Gasteiger partial charge in [0, 0.05) is 12.5 Å². The van der Waals surface area contributed by atoms with E-state index < -0.39 is 11.9 Å². The third-order valence-corrected chi connectivity index (χ3v) is 2.89. The lowest BCUT2D eigenvalue weighted by Crippen LogP contribution is -2.20. The molecule has 1 aromatic carbocycles. The molecular weight excluding hydrogens is 288 g/mol. The average Bonchev–Trinajstić information content (AvgIpc) is 2.26. The van der Waals surface area contributed by atoms with E-state index in [1.165, 1.54) is 7.11 Å². The Morgan fingerprint density at radius 2 is 2.06 bits per heavy atom. The summed E-state index contributed by atoms with van der Waals surface area (Å²) in [5, 5.41) is 0. The highest BCUT2D eigenvalue weighted by Crippen LogP contribution is 2.37. The second-order valence-corrected chi connectivity index (χ2v) is 4.37. The normalized spacial score (nSPS) is 12.0. The maximum atomic E-state index is 10.8. The number of ether oxygens (including phenoxy) is 2. The van der Waals surface area contributed by atoms with Crippen molar-refractivity contribution in [2.24, 2.45) is 11.5 Å². The molecule has 6 heteroatoms. The summed E-state index contributed by atoms with van der Waals surface area (Å²) < 4.78 is 11.1. The molecule has 0 saturated heterocycles. The number of primary amides is 1. The first-order valence-electron chi connectivity index (χ1n) is 4.95. The Morgan fingerprint density at radius 3 is 2.53 bits per heavy atom. The van der Waals surface area contributed by atoms with E-state index in [0.717, 1.165) is 5.56 Å². The molecule has 0 fully saturated rings. The lowest BCUT2D eigenvalue weighted by molar-refractivity contribution is -0.118. The summed E-state index contributed by atoms with van der Waals surface area (Å²) in [6.45, 7) is 0. The van der Waals surface area contributed by atoms with E-state index in [0.29, 0.717) is 16.0 Å². The predicted molar refractivity (Wildman–Crippen MR) is 68.0 cm³/mol. The van der Waals surface area contributed by atoms with Crippen LogP contribution in [0.2, 0.25) is 0 Å². The Morgan fingerprint density at radius 1 is 1.41 bits per heavy atom. The smallest absolute Gasteiger partial charge is 0.219 e. The minimum absolute atomic E-state index is 0.0852. The fourth-order valence-electron chi connectivity index (χ4n) is 1.49. The van der Waals surface area contributed by atoms with E-state index in [4.69, 9.17) is 20.9 Å². The van der Waals surface area contributed by atoms with Crippen LogP contribution in [0.5, 0.6) is 11.5 Å². The van der Waals surface area contributed by atoms with Gasteiger partial charge in [0.05, 0.1) is 18.7 Å². The van der Waals surface area contributed by atoms with Gasteiger partial charge in [0.2, 0.25) is 5.91 Å². The van der Waals surface area contributed by atoms with Crippen LogP contribution in [0, 0.1) is 0 Å². The molecule has 1 unspecified atom stereocenters. The summed E-state index contributed by atoms with van der Waals surface area (Å²) in [5.41, 5.74) is 11.7. The van der Waals surface area contributed by atoms with Crippen molar-refractivity contribution in [1.82, 2.24) is 0 Å². The first-order valence-corrected chi connectivity index (χ1v) is 5.74. The number of halogens is 1. The molecule has 1 amide bonds. The van der Waals surface area contributed by atoms with Gasteiger partial charge in [-0.3, -0.25) is 4.79 Å². The van der Waals surface area contributed by atoms with Crippen LogP contribution in [-0.2, 0) is 4.79 Å². The van der Waals surface area contributed by atoms with Gasteiger partial charge in [-0.1, -0.05) is 0 Å². The van der Waals surface area contributed by atoms with Crippen molar-refractivity contribution in [3.8, 4) is 11.5 Å². The zero-order valence-corrected chi connectivity index (χ0v) is 11.3. The molecule has 0 aromatic heterocycles. The van der Waals surface area contributed by atoms with Crippen LogP contribution < -0.4 is 20.9 Å². The molecule has 0 aliphatic rings. The summed E-state index contributed by atoms with van der Waals surface area (Å²) in [5.74, 6) is 0.697. The Bertz CT molecular complexity index is 423. The first kappa shape index (κ1) is 13.8. The number of hydrogen-bond acceptors (Lipinski definition) is 4. The molecule has 0 heterocycles. The second kappa shape index (κ2) is 5.88. The highest BCUT2D eigenvalue weighted by Gasteiger charge is 2.15. The van der Waals surface area contributed by atoms with Crippen molar-refractivity contribution in [3.05, 3.63) is 22.2 Å². The lowest BCUT2D eigenvalue weighted by Gasteiger charge is -2.15. The largest absolute Gasteiger partial charge is 0.493 e. The SMILES string of the molecule is COc1cc(C(N)CC(N)=O)cc(Br)c1OC. The van der Waals surface area contributed by atoms with Gasteiger partial charge < -0.3 is 20.9 Å². The van der Waals surface area contributed by atoms with E-state index in [2.05, 4.69) is 15.9 Å². The van der Waals surface area contributed by atoms with Crippen molar-refractivity contribution in [2.75, 3.05) is 14.2 Å². The first-order chi connectivity index (χ1) is 7.99. The Balaban J connectivity index is 3.10. The number of hydrogen-bond donors (Lipinski definition) is 2. The molecular formula is C11H15BrN2O3. The molecule has 0 aliphatic heterocycles. The molecule has 1 atom stereocenters. The van der Waals surface area contributed by atoms with E-state index in [1.54, 1.807) is 19.2 Å².